The van der Waals surface area contributed by atoms with Gasteiger partial charge in [-0.15, -0.1) is 0 Å². The largest absolute Gasteiger partial charge is 0.494 e. The summed E-state index contributed by atoms with van der Waals surface area (Å²) in [6.07, 6.45) is 10.1. The Balaban J connectivity index is 0.000000286. The van der Waals surface area contributed by atoms with Gasteiger partial charge in [0.05, 0.1) is 25.2 Å². The maximum absolute atomic E-state index is 10.9. The van der Waals surface area contributed by atoms with Crippen LogP contribution in [0.5, 0.6) is 5.75 Å². The second kappa shape index (κ2) is 12.4. The van der Waals surface area contributed by atoms with Crippen molar-refractivity contribution in [1.82, 2.24) is 0 Å². The number of ether oxygens (including phenoxy) is 2. The van der Waals surface area contributed by atoms with Crippen LogP contribution >= 0.6 is 0 Å². The van der Waals surface area contributed by atoms with Gasteiger partial charge in [-0.3, -0.25) is 9.59 Å². The Labute approximate surface area is 214 Å². The summed E-state index contributed by atoms with van der Waals surface area (Å²) < 4.78 is 12.0. The third-order valence-corrected chi connectivity index (χ3v) is 7.83. The number of rotatable bonds is 9. The van der Waals surface area contributed by atoms with Crippen LogP contribution < -0.4 is 10.1 Å². The Hall–Kier alpha value is -2.86. The molecule has 0 aliphatic heterocycles. The van der Waals surface area contributed by atoms with Crippen molar-refractivity contribution >= 4 is 18.1 Å². The van der Waals surface area contributed by atoms with Crippen LogP contribution in [0.4, 0.5) is 5.69 Å². The van der Waals surface area contributed by atoms with Gasteiger partial charge in [-0.05, 0) is 98.2 Å². The second-order valence-corrected chi connectivity index (χ2v) is 10.3. The van der Waals surface area contributed by atoms with E-state index in [9.17, 15) is 9.59 Å². The highest BCUT2D eigenvalue weighted by molar-refractivity contribution is 5.78. The molecule has 36 heavy (non-hydrogen) atoms. The van der Waals surface area contributed by atoms with E-state index in [1.54, 1.807) is 0 Å². The first-order valence-electron chi connectivity index (χ1n) is 13.4. The van der Waals surface area contributed by atoms with Crippen LogP contribution in [0, 0.1) is 24.7 Å². The average Bonchev–Trinajstić information content (AvgIpc) is 3.50. The molecule has 0 bridgehead atoms. The number of amides is 1. The topological polar surface area (TPSA) is 84.9 Å². The molecule has 2 unspecified atom stereocenters. The molecule has 2 atom stereocenters. The Kier molecular flexibility index (Phi) is 9.03. The van der Waals surface area contributed by atoms with Gasteiger partial charge >= 0.3 is 5.97 Å². The molecular formula is C30H39NO5. The molecule has 2 N–H and O–H groups in total. The lowest BCUT2D eigenvalue weighted by atomic mass is 9.90. The van der Waals surface area contributed by atoms with Crippen LogP contribution in [0.2, 0.25) is 0 Å². The SMILES string of the molecule is CCOc1cccc(-c2ccc(NC=O)cc2COC2CC3CC3C2)c1C.O=C(O)C1CCCCC1. The molecule has 3 aliphatic rings. The minimum Gasteiger partial charge on any atom is -0.494 e. The maximum Gasteiger partial charge on any atom is 0.306 e. The number of aliphatic carboxylic acids is 1. The normalized spacial score (nSPS) is 22.7. The van der Waals surface area contributed by atoms with E-state index in [0.717, 1.165) is 71.2 Å². The highest BCUT2D eigenvalue weighted by Crippen LogP contribution is 2.52. The molecule has 0 radical (unpaired) electrons. The fraction of sp³-hybridized carbons (Fsp3) is 0.533. The lowest BCUT2D eigenvalue weighted by Gasteiger charge is -2.18. The highest BCUT2D eigenvalue weighted by Gasteiger charge is 2.46. The second-order valence-electron chi connectivity index (χ2n) is 10.3. The van der Waals surface area contributed by atoms with E-state index in [0.29, 0.717) is 25.7 Å². The number of carboxylic acids is 1. The smallest absolute Gasteiger partial charge is 0.306 e. The standard InChI is InChI=1S/C23H27NO3.C7H12O2/c1-3-26-23-6-4-5-21(15(23)2)22-8-7-19(24-14-25)10-18(22)13-27-20-11-16-9-17(16)12-20;8-7(9)6-4-2-1-3-5-6/h4-8,10,14,16-17,20H,3,9,11-13H2,1-2H3,(H,24,25);6H,1-5H2,(H,8,9). The van der Waals surface area contributed by atoms with Crippen molar-refractivity contribution in [2.45, 2.75) is 77.9 Å². The Morgan fingerprint density at radius 3 is 2.44 bits per heavy atom. The van der Waals surface area contributed by atoms with Crippen LogP contribution in [0.25, 0.3) is 11.1 Å². The van der Waals surface area contributed by atoms with Crippen LogP contribution in [0.15, 0.2) is 36.4 Å². The average molecular weight is 494 g/mol. The molecule has 0 saturated heterocycles. The van der Waals surface area contributed by atoms with Gasteiger partial charge in [0.15, 0.2) is 0 Å². The molecule has 3 fully saturated rings. The van der Waals surface area contributed by atoms with Gasteiger partial charge < -0.3 is 19.9 Å². The van der Waals surface area contributed by atoms with E-state index >= 15 is 0 Å². The Morgan fingerprint density at radius 2 is 1.81 bits per heavy atom. The third-order valence-electron chi connectivity index (χ3n) is 7.83. The first-order chi connectivity index (χ1) is 17.5. The zero-order valence-electron chi connectivity index (χ0n) is 21.5. The molecular weight excluding hydrogens is 454 g/mol. The fourth-order valence-corrected chi connectivity index (χ4v) is 5.70. The highest BCUT2D eigenvalue weighted by atomic mass is 16.5. The zero-order valence-corrected chi connectivity index (χ0v) is 21.5. The number of anilines is 1. The monoisotopic (exact) mass is 493 g/mol. The number of fused-ring (bicyclic) bond motifs is 1. The van der Waals surface area contributed by atoms with Crippen molar-refractivity contribution in [1.29, 1.82) is 0 Å². The van der Waals surface area contributed by atoms with E-state index in [2.05, 4.69) is 24.4 Å². The summed E-state index contributed by atoms with van der Waals surface area (Å²) in [4.78, 5) is 21.2. The van der Waals surface area contributed by atoms with Crippen molar-refractivity contribution in [3.63, 3.8) is 0 Å². The number of hydrogen-bond donors (Lipinski definition) is 2. The molecule has 3 saturated carbocycles. The molecule has 2 aromatic carbocycles. The summed E-state index contributed by atoms with van der Waals surface area (Å²) in [5, 5.41) is 11.3. The molecule has 194 valence electrons. The summed E-state index contributed by atoms with van der Waals surface area (Å²) in [6, 6.07) is 12.2. The van der Waals surface area contributed by atoms with Crippen molar-refractivity contribution in [3.8, 4) is 16.9 Å². The molecule has 6 nitrogen and oxygen atoms in total. The first-order valence-corrected chi connectivity index (χ1v) is 13.4. The maximum atomic E-state index is 10.9. The fourth-order valence-electron chi connectivity index (χ4n) is 5.70. The summed E-state index contributed by atoms with van der Waals surface area (Å²) >= 11 is 0. The van der Waals surface area contributed by atoms with Crippen molar-refractivity contribution in [2.24, 2.45) is 17.8 Å². The summed E-state index contributed by atoms with van der Waals surface area (Å²) in [7, 11) is 0. The molecule has 5 rings (SSSR count). The summed E-state index contributed by atoms with van der Waals surface area (Å²) in [6.45, 7) is 5.29. The number of nitrogens with one attached hydrogen (secondary N) is 1. The zero-order chi connectivity index (χ0) is 25.5. The summed E-state index contributed by atoms with van der Waals surface area (Å²) in [5.74, 6) is 2.09. The Morgan fingerprint density at radius 1 is 1.06 bits per heavy atom. The Bertz CT molecular complexity index is 1040. The van der Waals surface area contributed by atoms with Crippen molar-refractivity contribution < 1.29 is 24.2 Å². The van der Waals surface area contributed by atoms with Crippen LogP contribution in [0.1, 0.15) is 69.4 Å². The number of carbonyl (C=O) groups excluding carboxylic acids is 1. The first kappa shape index (κ1) is 26.2. The van der Waals surface area contributed by atoms with Gasteiger partial charge in [-0.2, -0.15) is 0 Å². The molecule has 0 heterocycles. The van der Waals surface area contributed by atoms with Gasteiger partial charge in [0.1, 0.15) is 5.75 Å². The molecule has 0 aromatic heterocycles. The summed E-state index contributed by atoms with van der Waals surface area (Å²) in [5.41, 5.74) is 5.29. The molecule has 1 amide bonds. The minimum atomic E-state index is -0.602. The third kappa shape index (κ3) is 6.67. The lowest BCUT2D eigenvalue weighted by Crippen LogP contribution is -2.16. The minimum absolute atomic E-state index is 0.0289. The van der Waals surface area contributed by atoms with Gasteiger partial charge in [0, 0.05) is 5.69 Å². The molecule has 2 aromatic rings. The van der Waals surface area contributed by atoms with Crippen LogP contribution in [-0.4, -0.2) is 30.2 Å². The number of carboxylic acid groups (broad SMARTS) is 1. The predicted molar refractivity (Wildman–Crippen MR) is 141 cm³/mol. The molecule has 3 aliphatic carbocycles. The number of benzene rings is 2. The quantitative estimate of drug-likeness (QED) is 0.385. The predicted octanol–water partition coefficient (Wildman–Crippen LogP) is 6.60. The van der Waals surface area contributed by atoms with E-state index in [1.165, 1.54) is 25.7 Å². The van der Waals surface area contributed by atoms with Crippen LogP contribution in [0.3, 0.4) is 0 Å². The van der Waals surface area contributed by atoms with Gasteiger partial charge in [-0.25, -0.2) is 0 Å². The van der Waals surface area contributed by atoms with Crippen LogP contribution in [-0.2, 0) is 20.9 Å². The van der Waals surface area contributed by atoms with Gasteiger partial charge in [-0.1, -0.05) is 37.5 Å². The van der Waals surface area contributed by atoms with Crippen molar-refractivity contribution in [3.05, 3.63) is 47.5 Å². The lowest BCUT2D eigenvalue weighted by molar-refractivity contribution is -0.142. The van der Waals surface area contributed by atoms with Gasteiger partial charge in [0.2, 0.25) is 6.41 Å². The van der Waals surface area contributed by atoms with Crippen molar-refractivity contribution in [2.75, 3.05) is 11.9 Å². The van der Waals surface area contributed by atoms with E-state index in [-0.39, 0.29) is 5.92 Å². The van der Waals surface area contributed by atoms with E-state index in [1.807, 2.05) is 31.2 Å². The van der Waals surface area contributed by atoms with E-state index < -0.39 is 5.97 Å². The molecule has 6 heteroatoms. The van der Waals surface area contributed by atoms with E-state index in [4.69, 9.17) is 14.6 Å². The molecule has 0 spiro atoms. The van der Waals surface area contributed by atoms with Gasteiger partial charge in [0.25, 0.3) is 0 Å². The number of hydrogen-bond acceptors (Lipinski definition) is 4. The number of carbonyl (C=O) groups is 2.